The Morgan fingerprint density at radius 1 is 1.28 bits per heavy atom. The van der Waals surface area contributed by atoms with Crippen LogP contribution >= 0.6 is 0 Å². The molecule has 148 valence electrons. The minimum Gasteiger partial charge on any atom is -0.496 e. The van der Waals surface area contributed by atoms with E-state index in [9.17, 15) is 14.9 Å². The lowest BCUT2D eigenvalue weighted by molar-refractivity contribution is -0.384. The predicted octanol–water partition coefficient (Wildman–Crippen LogP) is 3.22. The molecule has 1 aliphatic rings. The second kappa shape index (κ2) is 7.58. The summed E-state index contributed by atoms with van der Waals surface area (Å²) < 4.78 is 5.29. The van der Waals surface area contributed by atoms with Crippen LogP contribution in [0.1, 0.15) is 23.2 Å². The molecule has 1 fully saturated rings. The number of hydrogen-bond acceptors (Lipinski definition) is 7. The SMILES string of the molecule is COc1ccccc1-c1nc(NC(=O)c2ccc(NC3CC3)c([N+](=O)[O-])c2)n[nH]1. The normalized spacial score (nSPS) is 13.0. The molecule has 3 aromatic rings. The minimum absolute atomic E-state index is 0.0544. The summed E-state index contributed by atoms with van der Waals surface area (Å²) in [6, 6.07) is 11.8. The van der Waals surface area contributed by atoms with Crippen LogP contribution in [-0.2, 0) is 0 Å². The first-order valence-corrected chi connectivity index (χ1v) is 8.97. The highest BCUT2D eigenvalue weighted by Crippen LogP contribution is 2.32. The fraction of sp³-hybridized carbons (Fsp3) is 0.211. The van der Waals surface area contributed by atoms with Crippen molar-refractivity contribution in [1.29, 1.82) is 0 Å². The van der Waals surface area contributed by atoms with Crippen molar-refractivity contribution in [2.75, 3.05) is 17.7 Å². The number of carbonyl (C=O) groups is 1. The first kappa shape index (κ1) is 18.4. The van der Waals surface area contributed by atoms with E-state index in [2.05, 4.69) is 25.8 Å². The van der Waals surface area contributed by atoms with Crippen LogP contribution in [0.5, 0.6) is 5.75 Å². The number of nitrogens with one attached hydrogen (secondary N) is 3. The molecule has 0 bridgehead atoms. The monoisotopic (exact) mass is 394 g/mol. The number of rotatable bonds is 7. The van der Waals surface area contributed by atoms with Gasteiger partial charge in [-0.3, -0.25) is 25.3 Å². The van der Waals surface area contributed by atoms with Gasteiger partial charge < -0.3 is 10.1 Å². The van der Waals surface area contributed by atoms with Gasteiger partial charge in [-0.25, -0.2) is 0 Å². The number of methoxy groups -OCH3 is 1. The fourth-order valence-corrected chi connectivity index (χ4v) is 2.85. The Bertz CT molecular complexity index is 1080. The lowest BCUT2D eigenvalue weighted by Gasteiger charge is -2.07. The molecule has 0 unspecified atom stereocenters. The van der Waals surface area contributed by atoms with Crippen LogP contribution in [0.3, 0.4) is 0 Å². The molecule has 3 N–H and O–H groups in total. The molecule has 2 aromatic carbocycles. The number of aromatic amines is 1. The molecular formula is C19H18N6O4. The van der Waals surface area contributed by atoms with E-state index in [4.69, 9.17) is 4.74 Å². The maximum atomic E-state index is 12.5. The third kappa shape index (κ3) is 4.00. The number of amides is 1. The lowest BCUT2D eigenvalue weighted by atomic mass is 10.1. The van der Waals surface area contributed by atoms with Gasteiger partial charge in [-0.15, -0.1) is 5.10 Å². The van der Waals surface area contributed by atoms with Crippen LogP contribution < -0.4 is 15.4 Å². The molecule has 1 aromatic heterocycles. The molecule has 0 spiro atoms. The number of para-hydroxylation sites is 1. The van der Waals surface area contributed by atoms with E-state index in [-0.39, 0.29) is 23.2 Å². The average molecular weight is 394 g/mol. The van der Waals surface area contributed by atoms with Crippen molar-refractivity contribution >= 4 is 23.2 Å². The lowest BCUT2D eigenvalue weighted by Crippen LogP contribution is -2.14. The maximum absolute atomic E-state index is 12.5. The number of hydrogen-bond donors (Lipinski definition) is 3. The van der Waals surface area contributed by atoms with Crippen LogP contribution in [0.15, 0.2) is 42.5 Å². The third-order valence-corrected chi connectivity index (χ3v) is 4.47. The summed E-state index contributed by atoms with van der Waals surface area (Å²) in [5.41, 5.74) is 1.09. The van der Waals surface area contributed by atoms with Crippen LogP contribution in [0.4, 0.5) is 17.3 Å². The van der Waals surface area contributed by atoms with Crippen molar-refractivity contribution in [3.05, 3.63) is 58.1 Å². The molecule has 1 saturated carbocycles. The minimum atomic E-state index is -0.545. The van der Waals surface area contributed by atoms with Crippen LogP contribution in [0, 0.1) is 10.1 Å². The Kier molecular flexibility index (Phi) is 4.82. The average Bonchev–Trinajstić information content (AvgIpc) is 3.43. The summed E-state index contributed by atoms with van der Waals surface area (Å²) in [5.74, 6) is 0.541. The quantitative estimate of drug-likeness (QED) is 0.413. The topological polar surface area (TPSA) is 135 Å². The Labute approximate surface area is 165 Å². The van der Waals surface area contributed by atoms with Crippen LogP contribution in [-0.4, -0.2) is 39.2 Å². The summed E-state index contributed by atoms with van der Waals surface area (Å²) >= 11 is 0. The summed E-state index contributed by atoms with van der Waals surface area (Å²) in [6.07, 6.45) is 1.97. The van der Waals surface area contributed by atoms with Gasteiger partial charge in [0.25, 0.3) is 11.6 Å². The van der Waals surface area contributed by atoms with Crippen molar-refractivity contribution in [3.8, 4) is 17.1 Å². The van der Waals surface area contributed by atoms with E-state index in [1.165, 1.54) is 12.1 Å². The highest BCUT2D eigenvalue weighted by atomic mass is 16.6. The first-order valence-electron chi connectivity index (χ1n) is 8.97. The highest BCUT2D eigenvalue weighted by Gasteiger charge is 2.25. The highest BCUT2D eigenvalue weighted by molar-refractivity contribution is 6.04. The molecule has 10 nitrogen and oxygen atoms in total. The number of ether oxygens (including phenoxy) is 1. The van der Waals surface area contributed by atoms with Gasteiger partial charge in [-0.2, -0.15) is 4.98 Å². The molecule has 1 aliphatic carbocycles. The van der Waals surface area contributed by atoms with Crippen molar-refractivity contribution in [3.63, 3.8) is 0 Å². The number of aromatic nitrogens is 3. The number of nitro benzene ring substituents is 1. The molecule has 1 amide bonds. The fourth-order valence-electron chi connectivity index (χ4n) is 2.85. The number of nitrogens with zero attached hydrogens (tertiary/aromatic N) is 3. The van der Waals surface area contributed by atoms with Gasteiger partial charge in [0.05, 0.1) is 17.6 Å². The molecule has 1 heterocycles. The van der Waals surface area contributed by atoms with Crippen LogP contribution in [0.25, 0.3) is 11.4 Å². The molecule has 0 aliphatic heterocycles. The van der Waals surface area contributed by atoms with Gasteiger partial charge in [0.15, 0.2) is 5.82 Å². The predicted molar refractivity (Wildman–Crippen MR) is 106 cm³/mol. The number of H-pyrrole nitrogens is 1. The zero-order valence-electron chi connectivity index (χ0n) is 15.5. The molecular weight excluding hydrogens is 376 g/mol. The Balaban J connectivity index is 1.53. The van der Waals surface area contributed by atoms with Gasteiger partial charge in [-0.1, -0.05) is 12.1 Å². The van der Waals surface area contributed by atoms with Gasteiger partial charge in [0.2, 0.25) is 5.95 Å². The van der Waals surface area contributed by atoms with Gasteiger partial charge in [0.1, 0.15) is 11.4 Å². The number of nitro groups is 1. The summed E-state index contributed by atoms with van der Waals surface area (Å²) in [6.45, 7) is 0. The van der Waals surface area contributed by atoms with Crippen molar-refractivity contribution in [2.45, 2.75) is 18.9 Å². The molecule has 10 heteroatoms. The van der Waals surface area contributed by atoms with E-state index in [1.807, 2.05) is 12.1 Å². The van der Waals surface area contributed by atoms with Gasteiger partial charge in [0, 0.05) is 17.7 Å². The summed E-state index contributed by atoms with van der Waals surface area (Å²) in [7, 11) is 1.55. The standard InChI is InChI=1S/C19H18N6O4/c1-29-16-5-3-2-4-13(16)17-21-19(24-23-17)22-18(26)11-6-9-14(20-12-7-8-12)15(10-11)25(27)28/h2-6,9-10,12,20H,7-8H2,1H3,(H2,21,22,23,24,26). The zero-order valence-corrected chi connectivity index (χ0v) is 15.5. The van der Waals surface area contributed by atoms with E-state index >= 15 is 0 Å². The number of carbonyl (C=O) groups excluding carboxylic acids is 1. The first-order chi connectivity index (χ1) is 14.0. The zero-order chi connectivity index (χ0) is 20.4. The molecule has 0 atom stereocenters. The van der Waals surface area contributed by atoms with E-state index < -0.39 is 10.8 Å². The number of benzene rings is 2. The van der Waals surface area contributed by atoms with Crippen LogP contribution in [0.2, 0.25) is 0 Å². The van der Waals surface area contributed by atoms with Crippen molar-refractivity contribution in [1.82, 2.24) is 15.2 Å². The van der Waals surface area contributed by atoms with E-state index in [1.54, 1.807) is 25.3 Å². The molecule has 4 rings (SSSR count). The van der Waals surface area contributed by atoms with Crippen molar-refractivity contribution in [2.24, 2.45) is 0 Å². The molecule has 0 saturated heterocycles. The number of anilines is 2. The summed E-state index contributed by atoms with van der Waals surface area (Å²) in [4.78, 5) is 27.6. The van der Waals surface area contributed by atoms with E-state index in [0.29, 0.717) is 22.8 Å². The smallest absolute Gasteiger partial charge is 0.293 e. The van der Waals surface area contributed by atoms with Gasteiger partial charge in [-0.05, 0) is 37.1 Å². The second-order valence-corrected chi connectivity index (χ2v) is 6.57. The third-order valence-electron chi connectivity index (χ3n) is 4.47. The second-order valence-electron chi connectivity index (χ2n) is 6.57. The largest absolute Gasteiger partial charge is 0.496 e. The van der Waals surface area contributed by atoms with Gasteiger partial charge >= 0.3 is 0 Å². The Hall–Kier alpha value is -3.95. The molecule has 29 heavy (non-hydrogen) atoms. The molecule has 0 radical (unpaired) electrons. The van der Waals surface area contributed by atoms with Crippen molar-refractivity contribution < 1.29 is 14.5 Å². The Morgan fingerprint density at radius 3 is 2.79 bits per heavy atom. The maximum Gasteiger partial charge on any atom is 0.293 e. The Morgan fingerprint density at radius 2 is 2.07 bits per heavy atom. The summed E-state index contributed by atoms with van der Waals surface area (Å²) in [5, 5.41) is 23.8. The van der Waals surface area contributed by atoms with E-state index in [0.717, 1.165) is 12.8 Å².